The van der Waals surface area contributed by atoms with Crippen LogP contribution in [0.2, 0.25) is 10.0 Å². The molecule has 2 atom stereocenters. The van der Waals surface area contributed by atoms with E-state index >= 15 is 0 Å². The van der Waals surface area contributed by atoms with Crippen molar-refractivity contribution < 1.29 is 22.8 Å². The standard InChI is InChI=1S/C31H26Cl2N8O5S2/c1-31(12-18-4-6-19(7-5-18)20-13-34-17-35-14-20)28(44)40(23-10-21(32)9-22(33)11-23)30-36-15-26(41(30)31)48(45,46)39-8-2-3-24(39)27(43)38-29-37-25(42)16-47-29/h4-7,9-11,13-15,17,24H,2-3,8,12,16H2,1H3,(H,37,38,42,43)/t24-,31+/m0/s1. The molecule has 0 aliphatic carbocycles. The minimum absolute atomic E-state index is 0.0600. The summed E-state index contributed by atoms with van der Waals surface area (Å²) in [7, 11) is -4.41. The highest BCUT2D eigenvalue weighted by atomic mass is 35.5. The van der Waals surface area contributed by atoms with Crippen LogP contribution < -0.4 is 10.2 Å². The molecule has 7 rings (SSSR count). The zero-order valence-electron chi connectivity index (χ0n) is 25.2. The summed E-state index contributed by atoms with van der Waals surface area (Å²) >= 11 is 13.7. The number of amidine groups is 1. The Morgan fingerprint density at radius 1 is 1.06 bits per heavy atom. The summed E-state index contributed by atoms with van der Waals surface area (Å²) in [5.41, 5.74) is 1.27. The lowest BCUT2D eigenvalue weighted by Crippen LogP contribution is -2.45. The number of rotatable bonds is 7. The number of aromatic nitrogens is 4. The van der Waals surface area contributed by atoms with Crippen molar-refractivity contribution in [2.75, 3.05) is 17.2 Å². The van der Waals surface area contributed by atoms with Gasteiger partial charge in [0.2, 0.25) is 11.9 Å². The first-order valence-corrected chi connectivity index (χ1v) is 17.9. The van der Waals surface area contributed by atoms with Crippen LogP contribution in [0, 0.1) is 0 Å². The maximum absolute atomic E-state index is 14.5. The van der Waals surface area contributed by atoms with E-state index in [1.807, 2.05) is 24.3 Å². The molecule has 0 bridgehead atoms. The molecule has 17 heteroatoms. The molecule has 4 aromatic rings. The van der Waals surface area contributed by atoms with Crippen molar-refractivity contribution >= 4 is 79.5 Å². The van der Waals surface area contributed by atoms with Gasteiger partial charge in [-0.25, -0.2) is 28.3 Å². The van der Waals surface area contributed by atoms with Gasteiger partial charge >= 0.3 is 0 Å². The number of thioether (sulfide) groups is 1. The Hall–Kier alpha value is -4.15. The van der Waals surface area contributed by atoms with Gasteiger partial charge in [-0.05, 0) is 49.1 Å². The maximum atomic E-state index is 14.5. The molecule has 1 N–H and O–H groups in total. The topological polar surface area (TPSA) is 160 Å². The Bertz CT molecular complexity index is 2090. The number of halogens is 2. The fourth-order valence-corrected chi connectivity index (χ4v) is 9.26. The van der Waals surface area contributed by atoms with Crippen LogP contribution in [0.25, 0.3) is 11.1 Å². The van der Waals surface area contributed by atoms with Crippen molar-refractivity contribution in [3.63, 3.8) is 0 Å². The molecule has 0 spiro atoms. The fourth-order valence-electron chi connectivity index (χ4n) is 6.23. The molecule has 3 aliphatic rings. The summed E-state index contributed by atoms with van der Waals surface area (Å²) in [6.07, 6.45) is 6.79. The largest absolute Gasteiger partial charge is 0.304 e. The molecule has 0 unspecified atom stereocenters. The van der Waals surface area contributed by atoms with Crippen molar-refractivity contribution in [3.05, 3.63) is 83.0 Å². The molecule has 2 aromatic heterocycles. The van der Waals surface area contributed by atoms with Gasteiger partial charge in [0, 0.05) is 41.0 Å². The molecular weight excluding hydrogens is 699 g/mol. The fraction of sp³-hybridized carbons (Fsp3) is 0.258. The molecule has 5 heterocycles. The van der Waals surface area contributed by atoms with Crippen LogP contribution in [0.3, 0.4) is 0 Å². The molecule has 0 radical (unpaired) electrons. The quantitative estimate of drug-likeness (QED) is 0.295. The number of aliphatic imine (C=N–C) groups is 1. The van der Waals surface area contributed by atoms with Gasteiger partial charge < -0.3 is 5.32 Å². The first-order chi connectivity index (χ1) is 23.0. The minimum atomic E-state index is -4.41. The van der Waals surface area contributed by atoms with Gasteiger partial charge in [-0.2, -0.15) is 9.30 Å². The Morgan fingerprint density at radius 3 is 2.44 bits per heavy atom. The molecule has 246 valence electrons. The van der Waals surface area contributed by atoms with Crippen molar-refractivity contribution in [1.82, 2.24) is 29.1 Å². The number of benzene rings is 2. The SMILES string of the molecule is C[C@@]1(Cc2ccc(-c3cncnc3)cc2)C(=O)N(c2cc(Cl)cc(Cl)c2)c2ncc(S(=O)(=O)N3CCC[C@H]3C(=O)N=C3NC(=O)CS3)n21. The third-order valence-electron chi connectivity index (χ3n) is 8.43. The summed E-state index contributed by atoms with van der Waals surface area (Å²) < 4.78 is 31.4. The zero-order chi connectivity index (χ0) is 33.8. The van der Waals surface area contributed by atoms with Gasteiger partial charge in [0.15, 0.2) is 10.2 Å². The lowest BCUT2D eigenvalue weighted by atomic mass is 9.91. The molecule has 2 saturated heterocycles. The summed E-state index contributed by atoms with van der Waals surface area (Å²) in [6, 6.07) is 11.0. The smallest absolute Gasteiger partial charge is 0.266 e. The summed E-state index contributed by atoms with van der Waals surface area (Å²) in [6.45, 7) is 1.72. The second kappa shape index (κ2) is 12.4. The second-order valence-corrected chi connectivity index (χ2v) is 15.3. The van der Waals surface area contributed by atoms with Crippen LogP contribution in [-0.2, 0) is 36.4 Å². The number of amides is 3. The number of hydrogen-bond acceptors (Lipinski definition) is 9. The van der Waals surface area contributed by atoms with E-state index in [9.17, 15) is 22.8 Å². The van der Waals surface area contributed by atoms with Gasteiger partial charge in [0.25, 0.3) is 21.8 Å². The van der Waals surface area contributed by atoms with Crippen molar-refractivity contribution in [1.29, 1.82) is 0 Å². The number of carbonyl (C=O) groups excluding carboxylic acids is 3. The molecule has 2 aromatic carbocycles. The molecule has 48 heavy (non-hydrogen) atoms. The van der Waals surface area contributed by atoms with Crippen LogP contribution in [0.1, 0.15) is 25.3 Å². The van der Waals surface area contributed by atoms with E-state index in [0.29, 0.717) is 12.1 Å². The summed E-state index contributed by atoms with van der Waals surface area (Å²) in [5.74, 6) is -1.22. The van der Waals surface area contributed by atoms with E-state index in [1.54, 1.807) is 31.5 Å². The predicted octanol–water partition coefficient (Wildman–Crippen LogP) is 4.18. The molecule has 3 amide bonds. The van der Waals surface area contributed by atoms with E-state index in [2.05, 4.69) is 25.3 Å². The molecule has 13 nitrogen and oxygen atoms in total. The number of fused-ring (bicyclic) bond motifs is 1. The van der Waals surface area contributed by atoms with Crippen LogP contribution in [0.5, 0.6) is 0 Å². The number of anilines is 2. The van der Waals surface area contributed by atoms with Crippen molar-refractivity contribution in [2.45, 2.75) is 42.8 Å². The normalized spacial score (nSPS) is 22.0. The predicted molar refractivity (Wildman–Crippen MR) is 181 cm³/mol. The number of nitrogens with one attached hydrogen (secondary N) is 1. The Labute approximate surface area is 289 Å². The third kappa shape index (κ3) is 5.68. The number of imidazole rings is 1. The molecule has 2 fully saturated rings. The minimum Gasteiger partial charge on any atom is -0.304 e. The third-order valence-corrected chi connectivity index (χ3v) is 11.6. The van der Waals surface area contributed by atoms with Crippen molar-refractivity contribution in [3.8, 4) is 11.1 Å². The first-order valence-electron chi connectivity index (χ1n) is 14.8. The average molecular weight is 726 g/mol. The number of nitrogens with zero attached hydrogens (tertiary/aromatic N) is 7. The zero-order valence-corrected chi connectivity index (χ0v) is 28.4. The first kappa shape index (κ1) is 32.4. The molecule has 0 saturated carbocycles. The van der Waals surface area contributed by atoms with E-state index in [1.165, 1.54) is 28.1 Å². The lowest BCUT2D eigenvalue weighted by molar-refractivity contribution is -0.124. The Morgan fingerprint density at radius 2 is 1.77 bits per heavy atom. The highest BCUT2D eigenvalue weighted by molar-refractivity contribution is 8.15. The van der Waals surface area contributed by atoms with E-state index in [4.69, 9.17) is 23.2 Å². The van der Waals surface area contributed by atoms with Gasteiger partial charge in [-0.3, -0.25) is 19.0 Å². The lowest BCUT2D eigenvalue weighted by Gasteiger charge is -2.28. The number of carbonyl (C=O) groups is 3. The van der Waals surface area contributed by atoms with E-state index < -0.39 is 33.4 Å². The van der Waals surface area contributed by atoms with Gasteiger partial charge in [0.05, 0.1) is 17.6 Å². The van der Waals surface area contributed by atoms with Crippen LogP contribution in [-0.4, -0.2) is 73.5 Å². The Balaban J connectivity index is 1.30. The summed E-state index contributed by atoms with van der Waals surface area (Å²) in [5, 5.41) is 2.95. The second-order valence-electron chi connectivity index (χ2n) is 11.6. The monoisotopic (exact) mass is 724 g/mol. The van der Waals surface area contributed by atoms with Crippen molar-refractivity contribution in [2.24, 2.45) is 4.99 Å². The molecular formula is C31H26Cl2N8O5S2. The number of hydrogen-bond donors (Lipinski definition) is 1. The average Bonchev–Trinajstić information content (AvgIpc) is 3.85. The maximum Gasteiger partial charge on any atom is 0.266 e. The van der Waals surface area contributed by atoms with E-state index in [-0.39, 0.29) is 57.2 Å². The Kier molecular flexibility index (Phi) is 8.36. The van der Waals surface area contributed by atoms with Crippen LogP contribution in [0.4, 0.5) is 11.6 Å². The highest BCUT2D eigenvalue weighted by Gasteiger charge is 2.53. The highest BCUT2D eigenvalue weighted by Crippen LogP contribution is 2.45. The summed E-state index contributed by atoms with van der Waals surface area (Å²) in [4.78, 5) is 57.3. The van der Waals surface area contributed by atoms with Gasteiger partial charge in [-0.15, -0.1) is 0 Å². The molecule has 3 aliphatic heterocycles. The van der Waals surface area contributed by atoms with Gasteiger partial charge in [-0.1, -0.05) is 59.2 Å². The van der Waals surface area contributed by atoms with Crippen LogP contribution >= 0.6 is 35.0 Å². The van der Waals surface area contributed by atoms with E-state index in [0.717, 1.165) is 32.8 Å². The van der Waals surface area contributed by atoms with Crippen LogP contribution in [0.15, 0.2) is 77.4 Å². The number of sulfonamides is 1. The van der Waals surface area contributed by atoms with Gasteiger partial charge in [0.1, 0.15) is 17.9 Å².